The molecule has 0 aliphatic rings. The first-order chi connectivity index (χ1) is 9.16. The van der Waals surface area contributed by atoms with Crippen LogP contribution in [-0.2, 0) is 7.05 Å². The number of rotatable bonds is 2. The van der Waals surface area contributed by atoms with Gasteiger partial charge < -0.3 is 16.0 Å². The third-order valence-electron chi connectivity index (χ3n) is 3.56. The predicted molar refractivity (Wildman–Crippen MR) is 79.8 cm³/mol. The molecule has 96 valence electrons. The van der Waals surface area contributed by atoms with Crippen molar-refractivity contribution in [2.24, 2.45) is 12.8 Å². The van der Waals surface area contributed by atoms with Crippen LogP contribution in [0.2, 0.25) is 0 Å². The molecular formula is C16H17N3. The van der Waals surface area contributed by atoms with Gasteiger partial charge in [0, 0.05) is 29.8 Å². The first-order valence-electron chi connectivity index (χ1n) is 6.32. The second kappa shape index (κ2) is 4.44. The van der Waals surface area contributed by atoms with Gasteiger partial charge in [0.05, 0.1) is 6.04 Å². The van der Waals surface area contributed by atoms with Crippen molar-refractivity contribution >= 4 is 16.6 Å². The van der Waals surface area contributed by atoms with Gasteiger partial charge in [-0.2, -0.15) is 0 Å². The third kappa shape index (κ3) is 1.98. The lowest BCUT2D eigenvalue weighted by molar-refractivity contribution is 0.862. The summed E-state index contributed by atoms with van der Waals surface area (Å²) in [6.45, 7) is 0. The zero-order chi connectivity index (χ0) is 13.4. The molecule has 1 atom stereocenters. The summed E-state index contributed by atoms with van der Waals surface area (Å²) >= 11 is 0. The molecule has 0 aliphatic heterocycles. The Balaban J connectivity index is 2.11. The number of hydrogen-bond donors (Lipinski definition) is 2. The quantitative estimate of drug-likeness (QED) is 0.688. The third-order valence-corrected chi connectivity index (χ3v) is 3.56. The van der Waals surface area contributed by atoms with Gasteiger partial charge in [0.1, 0.15) is 0 Å². The van der Waals surface area contributed by atoms with E-state index in [-0.39, 0.29) is 6.04 Å². The van der Waals surface area contributed by atoms with E-state index in [1.54, 1.807) is 0 Å². The molecule has 0 bridgehead atoms. The smallest absolute Gasteiger partial charge is 0.0572 e. The Labute approximate surface area is 112 Å². The van der Waals surface area contributed by atoms with Crippen molar-refractivity contribution in [3.8, 4) is 0 Å². The van der Waals surface area contributed by atoms with Gasteiger partial charge in [-0.25, -0.2) is 0 Å². The van der Waals surface area contributed by atoms with Crippen molar-refractivity contribution < 1.29 is 0 Å². The van der Waals surface area contributed by atoms with Crippen molar-refractivity contribution in [2.75, 3.05) is 5.73 Å². The fourth-order valence-corrected chi connectivity index (χ4v) is 2.50. The maximum atomic E-state index is 6.39. The van der Waals surface area contributed by atoms with E-state index in [2.05, 4.69) is 22.9 Å². The number of nitrogens with zero attached hydrogens (tertiary/aromatic N) is 1. The van der Waals surface area contributed by atoms with Crippen molar-refractivity contribution in [2.45, 2.75) is 6.04 Å². The van der Waals surface area contributed by atoms with Gasteiger partial charge in [-0.05, 0) is 29.3 Å². The molecule has 0 fully saturated rings. The summed E-state index contributed by atoms with van der Waals surface area (Å²) in [4.78, 5) is 0. The minimum atomic E-state index is -0.133. The van der Waals surface area contributed by atoms with Crippen molar-refractivity contribution in [3.05, 3.63) is 65.9 Å². The topological polar surface area (TPSA) is 57.0 Å². The fourth-order valence-electron chi connectivity index (χ4n) is 2.50. The number of benzene rings is 2. The Hall–Kier alpha value is -2.26. The highest BCUT2D eigenvalue weighted by molar-refractivity contribution is 5.84. The Bertz CT molecular complexity index is 710. The molecule has 1 aromatic heterocycles. The summed E-state index contributed by atoms with van der Waals surface area (Å²) in [7, 11) is 2.04. The van der Waals surface area contributed by atoms with Gasteiger partial charge in [0.25, 0.3) is 0 Å². The Kier molecular flexibility index (Phi) is 2.76. The van der Waals surface area contributed by atoms with E-state index in [0.717, 1.165) is 16.8 Å². The minimum absolute atomic E-state index is 0.133. The van der Waals surface area contributed by atoms with Crippen LogP contribution in [0.4, 0.5) is 5.69 Å². The zero-order valence-corrected chi connectivity index (χ0v) is 10.9. The van der Waals surface area contributed by atoms with Gasteiger partial charge in [-0.1, -0.05) is 30.3 Å². The lowest BCUT2D eigenvalue weighted by atomic mass is 9.99. The van der Waals surface area contributed by atoms with Crippen LogP contribution in [0.1, 0.15) is 17.2 Å². The van der Waals surface area contributed by atoms with Crippen LogP contribution < -0.4 is 11.5 Å². The largest absolute Gasteiger partial charge is 0.399 e. The summed E-state index contributed by atoms with van der Waals surface area (Å²) in [5.74, 6) is 0. The molecule has 0 aliphatic carbocycles. The Morgan fingerprint density at radius 2 is 1.68 bits per heavy atom. The predicted octanol–water partition coefficient (Wildman–Crippen LogP) is 2.81. The highest BCUT2D eigenvalue weighted by Crippen LogP contribution is 2.28. The van der Waals surface area contributed by atoms with Crippen molar-refractivity contribution in [1.82, 2.24) is 4.57 Å². The van der Waals surface area contributed by atoms with Crippen LogP contribution in [0, 0.1) is 0 Å². The molecule has 0 saturated heterocycles. The minimum Gasteiger partial charge on any atom is -0.399 e. The standard InChI is InChI=1S/C16H17N3/c1-19-10-14(13-4-2-3-5-15(13)19)16(18)11-6-8-12(17)9-7-11/h2-10,16H,17-18H2,1H3. The summed E-state index contributed by atoms with van der Waals surface area (Å²) < 4.78 is 2.11. The van der Waals surface area contributed by atoms with E-state index < -0.39 is 0 Å². The van der Waals surface area contributed by atoms with Crippen LogP contribution in [0.15, 0.2) is 54.7 Å². The molecule has 0 saturated carbocycles. The van der Waals surface area contributed by atoms with Gasteiger partial charge in [0.2, 0.25) is 0 Å². The molecule has 1 unspecified atom stereocenters. The van der Waals surface area contributed by atoms with Crippen LogP contribution in [0.3, 0.4) is 0 Å². The number of nitrogens with two attached hydrogens (primary N) is 2. The Morgan fingerprint density at radius 1 is 1.00 bits per heavy atom. The van der Waals surface area contributed by atoms with E-state index in [0.29, 0.717) is 0 Å². The van der Waals surface area contributed by atoms with Gasteiger partial charge in [0.15, 0.2) is 0 Å². The van der Waals surface area contributed by atoms with Crippen molar-refractivity contribution in [1.29, 1.82) is 0 Å². The highest BCUT2D eigenvalue weighted by atomic mass is 14.9. The van der Waals surface area contributed by atoms with Crippen LogP contribution in [-0.4, -0.2) is 4.57 Å². The molecule has 3 aromatic rings. The lowest BCUT2D eigenvalue weighted by Gasteiger charge is -2.11. The average Bonchev–Trinajstić information content (AvgIpc) is 2.77. The summed E-state index contributed by atoms with van der Waals surface area (Å²) in [5, 5.41) is 1.20. The maximum absolute atomic E-state index is 6.39. The molecule has 4 N–H and O–H groups in total. The zero-order valence-electron chi connectivity index (χ0n) is 10.9. The molecular weight excluding hydrogens is 234 g/mol. The van der Waals surface area contributed by atoms with Gasteiger partial charge in [-0.15, -0.1) is 0 Å². The molecule has 1 heterocycles. The first-order valence-corrected chi connectivity index (χ1v) is 6.32. The monoisotopic (exact) mass is 251 g/mol. The maximum Gasteiger partial charge on any atom is 0.0572 e. The van der Waals surface area contributed by atoms with Gasteiger partial charge in [-0.3, -0.25) is 0 Å². The number of hydrogen-bond acceptors (Lipinski definition) is 2. The van der Waals surface area contributed by atoms with E-state index >= 15 is 0 Å². The normalized spacial score (nSPS) is 12.7. The number of aryl methyl sites for hydroxylation is 1. The van der Waals surface area contributed by atoms with Crippen LogP contribution in [0.5, 0.6) is 0 Å². The second-order valence-corrected chi connectivity index (χ2v) is 4.86. The van der Waals surface area contributed by atoms with E-state index in [1.165, 1.54) is 10.9 Å². The molecule has 0 spiro atoms. The number of aromatic nitrogens is 1. The molecule has 3 heteroatoms. The van der Waals surface area contributed by atoms with E-state index in [9.17, 15) is 0 Å². The molecule has 0 amide bonds. The average molecular weight is 251 g/mol. The van der Waals surface area contributed by atoms with E-state index in [4.69, 9.17) is 11.5 Å². The Morgan fingerprint density at radius 3 is 2.42 bits per heavy atom. The van der Waals surface area contributed by atoms with Crippen molar-refractivity contribution in [3.63, 3.8) is 0 Å². The number of anilines is 1. The molecule has 0 radical (unpaired) electrons. The molecule has 19 heavy (non-hydrogen) atoms. The first kappa shape index (κ1) is 11.8. The number of fused-ring (bicyclic) bond motifs is 1. The fraction of sp³-hybridized carbons (Fsp3) is 0.125. The molecule has 3 nitrogen and oxygen atoms in total. The summed E-state index contributed by atoms with van der Waals surface area (Å²) in [5.41, 5.74) is 16.3. The van der Waals surface area contributed by atoms with E-state index in [1.807, 2.05) is 43.4 Å². The highest BCUT2D eigenvalue weighted by Gasteiger charge is 2.14. The van der Waals surface area contributed by atoms with Crippen LogP contribution in [0.25, 0.3) is 10.9 Å². The number of nitrogen functional groups attached to an aromatic ring is 1. The lowest BCUT2D eigenvalue weighted by Crippen LogP contribution is -2.11. The van der Waals surface area contributed by atoms with Crippen LogP contribution >= 0.6 is 0 Å². The molecule has 2 aromatic carbocycles. The second-order valence-electron chi connectivity index (χ2n) is 4.86. The summed E-state index contributed by atoms with van der Waals surface area (Å²) in [6, 6.07) is 15.9. The molecule has 3 rings (SSSR count). The number of para-hydroxylation sites is 1. The summed E-state index contributed by atoms with van der Waals surface area (Å²) in [6.07, 6.45) is 2.10. The van der Waals surface area contributed by atoms with Gasteiger partial charge >= 0.3 is 0 Å². The SMILES string of the molecule is Cn1cc(C(N)c2ccc(N)cc2)c2ccccc21.